The van der Waals surface area contributed by atoms with Crippen LogP contribution in [0.5, 0.6) is 0 Å². The number of hydrogen-bond donors (Lipinski definition) is 1. The van der Waals surface area contributed by atoms with E-state index in [0.717, 1.165) is 89.3 Å². The van der Waals surface area contributed by atoms with E-state index in [4.69, 9.17) is 29.4 Å². The molecule has 9 nitrogen and oxygen atoms in total. The van der Waals surface area contributed by atoms with E-state index in [9.17, 15) is 0 Å². The van der Waals surface area contributed by atoms with Crippen LogP contribution in [-0.2, 0) is 22.3 Å². The second-order valence-corrected chi connectivity index (χ2v) is 14.8. The average molecular weight is 680 g/mol. The molecule has 3 aliphatic carbocycles. The highest BCUT2D eigenvalue weighted by molar-refractivity contribution is 5.74. The molecule has 9 heteroatoms. The van der Waals surface area contributed by atoms with Crippen LogP contribution in [0, 0.1) is 11.8 Å². The molecule has 268 valence electrons. The van der Waals surface area contributed by atoms with Gasteiger partial charge in [-0.2, -0.15) is 0 Å². The lowest BCUT2D eigenvalue weighted by Gasteiger charge is -2.24. The number of nitrogens with zero attached hydrogens (tertiary/aromatic N) is 6. The molecule has 0 amide bonds. The van der Waals surface area contributed by atoms with Crippen molar-refractivity contribution >= 4 is 22.4 Å². The van der Waals surface area contributed by atoms with Crippen LogP contribution in [0.1, 0.15) is 131 Å². The van der Waals surface area contributed by atoms with Crippen molar-refractivity contribution in [1.82, 2.24) is 34.1 Å². The van der Waals surface area contributed by atoms with E-state index in [2.05, 4.69) is 38.7 Å². The number of piperidine rings is 1. The molecule has 3 saturated heterocycles. The molecule has 1 N–H and O–H groups in total. The van der Waals surface area contributed by atoms with Gasteiger partial charge in [-0.15, -0.1) is 0 Å². The zero-order chi connectivity index (χ0) is 31.9. The van der Waals surface area contributed by atoms with Crippen LogP contribution in [-0.4, -0.2) is 68.3 Å². The fraction of sp³-hybridized carbons (Fsp3) is 0.610. The molecule has 0 atom stereocenters. The summed E-state index contributed by atoms with van der Waals surface area (Å²) in [5, 5.41) is 3.44. The highest BCUT2D eigenvalue weighted by Gasteiger charge is 2.30. The van der Waals surface area contributed by atoms with Crippen molar-refractivity contribution in [3.63, 3.8) is 0 Å². The van der Waals surface area contributed by atoms with Crippen LogP contribution in [0.3, 0.4) is 0 Å². The molecule has 0 aromatic carbocycles. The van der Waals surface area contributed by atoms with Crippen LogP contribution in [0.15, 0.2) is 36.9 Å². The van der Waals surface area contributed by atoms with Crippen LogP contribution in [0.4, 0.5) is 0 Å². The molecule has 0 unspecified atom stereocenters. The summed E-state index contributed by atoms with van der Waals surface area (Å²) in [4.78, 5) is 19.3. The number of nitrogens with one attached hydrogen (secondary N) is 1. The Morgan fingerprint density at radius 1 is 0.560 bits per heavy atom. The highest BCUT2D eigenvalue weighted by atomic mass is 16.5. The van der Waals surface area contributed by atoms with Crippen LogP contribution < -0.4 is 5.32 Å². The van der Waals surface area contributed by atoms with Gasteiger partial charge >= 0.3 is 0 Å². The van der Waals surface area contributed by atoms with Gasteiger partial charge in [-0.3, -0.25) is 18.8 Å². The van der Waals surface area contributed by atoms with E-state index < -0.39 is 0 Å². The monoisotopic (exact) mass is 679 g/mol. The largest absolute Gasteiger partial charge is 0.381 e. The Morgan fingerprint density at radius 2 is 1.02 bits per heavy atom. The summed E-state index contributed by atoms with van der Waals surface area (Å²) in [6.45, 7) is 5.73. The molecule has 7 heterocycles. The van der Waals surface area contributed by atoms with Gasteiger partial charge in [-0.25, -0.2) is 9.97 Å². The minimum atomic E-state index is 0. The van der Waals surface area contributed by atoms with E-state index in [-0.39, 0.29) is 14.9 Å². The average Bonchev–Trinajstić information content (AvgIpc) is 3.97. The van der Waals surface area contributed by atoms with Gasteiger partial charge in [0, 0.05) is 63.5 Å². The zero-order valence-corrected chi connectivity index (χ0v) is 28.2. The van der Waals surface area contributed by atoms with E-state index in [1.807, 2.05) is 12.4 Å². The molecule has 0 spiro atoms. The van der Waals surface area contributed by atoms with Crippen molar-refractivity contribution in [2.24, 2.45) is 11.8 Å². The Hall–Kier alpha value is -3.40. The summed E-state index contributed by atoms with van der Waals surface area (Å²) in [6.07, 6.45) is 28.8. The van der Waals surface area contributed by atoms with Crippen LogP contribution in [0.25, 0.3) is 22.4 Å². The van der Waals surface area contributed by atoms with Gasteiger partial charge in [0.25, 0.3) is 0 Å². The lowest BCUT2D eigenvalue weighted by molar-refractivity contribution is 0.0806. The van der Waals surface area contributed by atoms with Gasteiger partial charge < -0.3 is 14.8 Å². The number of rotatable bonds is 4. The maximum atomic E-state index is 5.56. The van der Waals surface area contributed by atoms with E-state index in [1.54, 1.807) is 0 Å². The van der Waals surface area contributed by atoms with Crippen LogP contribution in [0.2, 0.25) is 0 Å². The molecule has 0 radical (unpaired) electrons. The lowest BCUT2D eigenvalue weighted by Crippen LogP contribution is -2.26. The number of ether oxygens (including phenoxy) is 2. The molecule has 6 aliphatic rings. The fourth-order valence-electron chi connectivity index (χ4n) is 9.20. The summed E-state index contributed by atoms with van der Waals surface area (Å²) >= 11 is 0. The molecular formula is C41H57N7O2. The van der Waals surface area contributed by atoms with E-state index in [1.165, 1.54) is 90.3 Å². The van der Waals surface area contributed by atoms with Gasteiger partial charge in [-0.05, 0) is 87.4 Å². The number of hydrogen-bond acceptors (Lipinski definition) is 7. The predicted molar refractivity (Wildman–Crippen MR) is 201 cm³/mol. The quantitative estimate of drug-likeness (QED) is 0.234. The van der Waals surface area contributed by atoms with Gasteiger partial charge in [-0.1, -0.05) is 46.3 Å². The number of allylic oxidation sites excluding steroid dienone is 4. The normalized spacial score (nSPS) is 21.8. The Bertz CT molecular complexity index is 1700. The SMILES string of the molecule is C.C.C1=C(C2CCOCC2)c2c(ncc3nc(C4CCCCC4)cn23)C1.C1=C(C2CCOCC2)c2c(ncc3nc(C4CCNCC4)cn23)C1. The molecule has 4 aromatic heterocycles. The summed E-state index contributed by atoms with van der Waals surface area (Å²) in [5.74, 6) is 2.45. The zero-order valence-electron chi connectivity index (χ0n) is 28.2. The Balaban J connectivity index is 0.000000151. The first-order chi connectivity index (χ1) is 23.8. The first kappa shape index (κ1) is 35.0. The summed E-state index contributed by atoms with van der Waals surface area (Å²) in [5.41, 5.74) is 12.6. The molecule has 0 bridgehead atoms. The third-order valence-electron chi connectivity index (χ3n) is 11.9. The highest BCUT2D eigenvalue weighted by Crippen LogP contribution is 2.40. The third kappa shape index (κ3) is 6.69. The van der Waals surface area contributed by atoms with Gasteiger partial charge in [0.05, 0.1) is 46.6 Å². The lowest BCUT2D eigenvalue weighted by atomic mass is 9.87. The van der Waals surface area contributed by atoms with Crippen molar-refractivity contribution in [2.45, 2.75) is 110 Å². The first-order valence-corrected chi connectivity index (χ1v) is 18.8. The molecule has 3 aliphatic heterocycles. The van der Waals surface area contributed by atoms with Crippen molar-refractivity contribution in [2.75, 3.05) is 39.5 Å². The van der Waals surface area contributed by atoms with Crippen LogP contribution >= 0.6 is 0 Å². The first-order valence-electron chi connectivity index (χ1n) is 18.8. The van der Waals surface area contributed by atoms with Gasteiger partial charge in [0.2, 0.25) is 0 Å². The second kappa shape index (κ2) is 15.5. The standard InChI is InChI=1S/C20H25N3O.C19H24N4O.2CH4/c1-2-4-15(5-3-1)18-13-23-19(22-18)12-21-17-7-6-16(20(17)23)14-8-10-24-11-9-14;1-2-16-19(15(1)13-5-9-24-10-6-13)23-12-17(22-18(23)11-21-16)14-3-7-20-8-4-14;;/h6,12-15H,1-5,7-11H2;1,11-14,20H,2-10H2;2*1H4. The third-order valence-corrected chi connectivity index (χ3v) is 11.9. The maximum absolute atomic E-state index is 5.56. The molecule has 50 heavy (non-hydrogen) atoms. The Labute approximate surface area is 298 Å². The number of aromatic nitrogens is 6. The number of fused-ring (bicyclic) bond motifs is 6. The molecule has 1 saturated carbocycles. The van der Waals surface area contributed by atoms with E-state index >= 15 is 0 Å². The fourth-order valence-corrected chi connectivity index (χ4v) is 9.20. The summed E-state index contributed by atoms with van der Waals surface area (Å²) in [6, 6.07) is 0. The minimum absolute atomic E-state index is 0. The molecule has 10 rings (SSSR count). The smallest absolute Gasteiger partial charge is 0.156 e. The minimum Gasteiger partial charge on any atom is -0.381 e. The summed E-state index contributed by atoms with van der Waals surface area (Å²) in [7, 11) is 0. The Kier molecular flexibility index (Phi) is 10.8. The maximum Gasteiger partial charge on any atom is 0.156 e. The Morgan fingerprint density at radius 3 is 1.50 bits per heavy atom. The number of imidazole rings is 2. The van der Waals surface area contributed by atoms with Crippen molar-refractivity contribution in [3.8, 4) is 0 Å². The predicted octanol–water partition coefficient (Wildman–Crippen LogP) is 7.98. The summed E-state index contributed by atoms with van der Waals surface area (Å²) < 4.78 is 15.8. The van der Waals surface area contributed by atoms with Gasteiger partial charge in [0.1, 0.15) is 0 Å². The topological polar surface area (TPSA) is 90.9 Å². The van der Waals surface area contributed by atoms with Crippen molar-refractivity contribution in [3.05, 3.63) is 71.1 Å². The molecular weight excluding hydrogens is 622 g/mol. The van der Waals surface area contributed by atoms with E-state index in [0.29, 0.717) is 23.7 Å². The van der Waals surface area contributed by atoms with Crippen molar-refractivity contribution < 1.29 is 9.47 Å². The second-order valence-electron chi connectivity index (χ2n) is 14.8. The molecule has 4 aromatic rings. The molecule has 4 fully saturated rings. The van der Waals surface area contributed by atoms with Gasteiger partial charge in [0.15, 0.2) is 11.3 Å². The van der Waals surface area contributed by atoms with Crippen molar-refractivity contribution in [1.29, 1.82) is 0 Å².